The van der Waals surface area contributed by atoms with E-state index >= 15 is 0 Å². The van der Waals surface area contributed by atoms with Crippen LogP contribution >= 0.6 is 11.8 Å². The second-order valence-electron chi connectivity index (χ2n) is 5.23. The van der Waals surface area contributed by atoms with Gasteiger partial charge in [0.2, 0.25) is 0 Å². The number of hydrogen-bond acceptors (Lipinski definition) is 7. The lowest BCUT2D eigenvalue weighted by atomic mass is 10.1. The predicted molar refractivity (Wildman–Crippen MR) is 102 cm³/mol. The Bertz CT molecular complexity index is 758. The topological polar surface area (TPSA) is 129 Å². The van der Waals surface area contributed by atoms with Gasteiger partial charge in [0.05, 0.1) is 17.9 Å². The zero-order valence-corrected chi connectivity index (χ0v) is 15.8. The number of carboxylic acids is 1. The molecule has 0 bridgehead atoms. The number of anilines is 1. The van der Waals surface area contributed by atoms with E-state index in [0.717, 1.165) is 6.20 Å². The maximum atomic E-state index is 12.3. The van der Waals surface area contributed by atoms with E-state index in [2.05, 4.69) is 10.6 Å². The van der Waals surface area contributed by atoms with Crippen LogP contribution in [0.5, 0.6) is 0 Å². The monoisotopic (exact) mass is 391 g/mol. The van der Waals surface area contributed by atoms with E-state index in [0.29, 0.717) is 12.2 Å². The third kappa shape index (κ3) is 7.03. The van der Waals surface area contributed by atoms with Crippen molar-refractivity contribution in [2.75, 3.05) is 23.9 Å². The number of benzene rings is 1. The molecule has 1 amide bonds. The molecular formula is C18H21N3O5S. The van der Waals surface area contributed by atoms with Crippen molar-refractivity contribution in [2.45, 2.75) is 19.4 Å². The number of carbonyl (C=O) groups excluding carboxylic acids is 2. The molecule has 0 spiro atoms. The van der Waals surface area contributed by atoms with E-state index in [4.69, 9.17) is 4.74 Å². The number of ether oxygens (including phenoxy) is 1. The molecule has 0 aromatic heterocycles. The number of amides is 1. The van der Waals surface area contributed by atoms with Gasteiger partial charge in [0, 0.05) is 6.20 Å². The average molecular weight is 391 g/mol. The molecule has 1 aromatic carbocycles. The summed E-state index contributed by atoms with van der Waals surface area (Å²) in [6.45, 7) is 1.85. The molecule has 1 atom stereocenters. The predicted octanol–water partition coefficient (Wildman–Crippen LogP) is 2.01. The first-order chi connectivity index (χ1) is 12.9. The van der Waals surface area contributed by atoms with E-state index in [9.17, 15) is 24.8 Å². The van der Waals surface area contributed by atoms with Gasteiger partial charge in [-0.2, -0.15) is 17.0 Å². The smallest absolute Gasteiger partial charge is 0.340 e. The zero-order valence-electron chi connectivity index (χ0n) is 15.0. The molecule has 27 heavy (non-hydrogen) atoms. The van der Waals surface area contributed by atoms with Crippen LogP contribution in [0.4, 0.5) is 5.69 Å². The van der Waals surface area contributed by atoms with Gasteiger partial charge in [-0.3, -0.25) is 4.79 Å². The molecule has 1 unspecified atom stereocenters. The molecular weight excluding hydrogens is 370 g/mol. The highest BCUT2D eigenvalue weighted by molar-refractivity contribution is 7.98. The van der Waals surface area contributed by atoms with Gasteiger partial charge in [0.1, 0.15) is 17.7 Å². The summed E-state index contributed by atoms with van der Waals surface area (Å²) >= 11 is 1.49. The second-order valence-corrected chi connectivity index (χ2v) is 6.21. The summed E-state index contributed by atoms with van der Waals surface area (Å²) in [6, 6.07) is 7.04. The molecule has 8 nitrogen and oxygen atoms in total. The SMILES string of the molecule is CCOC(=O)c1ccccc1NC(=O)/C(C#N)=C\NC(CCSC)C(=O)O. The Morgan fingerprint density at radius 1 is 1.37 bits per heavy atom. The van der Waals surface area contributed by atoms with Gasteiger partial charge in [0.25, 0.3) is 5.91 Å². The number of para-hydroxylation sites is 1. The van der Waals surface area contributed by atoms with Gasteiger partial charge in [-0.05, 0) is 37.5 Å². The second kappa shape index (κ2) is 11.6. The summed E-state index contributed by atoms with van der Waals surface area (Å²) in [6.07, 6.45) is 3.25. The fraction of sp³-hybridized carbons (Fsp3) is 0.333. The molecule has 144 valence electrons. The van der Waals surface area contributed by atoms with Crippen molar-refractivity contribution in [1.29, 1.82) is 5.26 Å². The summed E-state index contributed by atoms with van der Waals surface area (Å²) in [4.78, 5) is 35.5. The number of nitriles is 1. The molecule has 0 fully saturated rings. The minimum atomic E-state index is -1.08. The Kier molecular flexibility index (Phi) is 9.47. The highest BCUT2D eigenvalue weighted by atomic mass is 32.2. The summed E-state index contributed by atoms with van der Waals surface area (Å²) in [5.74, 6) is -1.84. The van der Waals surface area contributed by atoms with Crippen molar-refractivity contribution in [2.24, 2.45) is 0 Å². The van der Waals surface area contributed by atoms with Crippen molar-refractivity contribution in [3.8, 4) is 6.07 Å². The highest BCUT2D eigenvalue weighted by Gasteiger charge is 2.18. The number of nitrogens with one attached hydrogen (secondary N) is 2. The molecule has 1 aromatic rings. The van der Waals surface area contributed by atoms with Gasteiger partial charge >= 0.3 is 11.9 Å². The van der Waals surface area contributed by atoms with Crippen LogP contribution in [-0.2, 0) is 14.3 Å². The quantitative estimate of drug-likeness (QED) is 0.314. The first-order valence-electron chi connectivity index (χ1n) is 8.10. The van der Waals surface area contributed by atoms with Crippen LogP contribution in [0.3, 0.4) is 0 Å². The van der Waals surface area contributed by atoms with Gasteiger partial charge in [-0.25, -0.2) is 9.59 Å². The van der Waals surface area contributed by atoms with Crippen LogP contribution in [0, 0.1) is 11.3 Å². The van der Waals surface area contributed by atoms with E-state index < -0.39 is 23.9 Å². The molecule has 0 saturated heterocycles. The van der Waals surface area contributed by atoms with E-state index in [1.165, 1.54) is 23.9 Å². The summed E-state index contributed by atoms with van der Waals surface area (Å²) in [5.41, 5.74) is 0.0321. The zero-order chi connectivity index (χ0) is 20.2. The molecule has 0 aliphatic rings. The summed E-state index contributed by atoms with van der Waals surface area (Å²) in [5, 5.41) is 23.4. The van der Waals surface area contributed by atoms with Crippen LogP contribution in [0.25, 0.3) is 0 Å². The Labute approximate surface area is 161 Å². The van der Waals surface area contributed by atoms with Gasteiger partial charge in [-0.1, -0.05) is 12.1 Å². The molecule has 0 saturated carbocycles. The van der Waals surface area contributed by atoms with Crippen LogP contribution in [0.1, 0.15) is 23.7 Å². The molecule has 1 rings (SSSR count). The molecule has 9 heteroatoms. The minimum absolute atomic E-state index is 0.154. The molecule has 0 heterocycles. The van der Waals surface area contributed by atoms with Gasteiger partial charge in [-0.15, -0.1) is 0 Å². The standard InChI is InChI=1S/C18H21N3O5S/c1-3-26-18(25)13-6-4-5-7-14(13)21-16(22)12(10-19)11-20-15(17(23)24)8-9-27-2/h4-7,11,15,20H,3,8-9H2,1-2H3,(H,21,22)(H,23,24)/b12-11-. The maximum Gasteiger partial charge on any atom is 0.340 e. The number of thioether (sulfide) groups is 1. The van der Waals surface area contributed by atoms with Gasteiger partial charge in [0.15, 0.2) is 0 Å². The van der Waals surface area contributed by atoms with Crippen molar-refractivity contribution >= 4 is 35.3 Å². The maximum absolute atomic E-state index is 12.3. The van der Waals surface area contributed by atoms with Crippen LogP contribution < -0.4 is 10.6 Å². The van der Waals surface area contributed by atoms with Crippen LogP contribution in [-0.4, -0.2) is 47.6 Å². The lowest BCUT2D eigenvalue weighted by Gasteiger charge is -2.13. The van der Waals surface area contributed by atoms with Crippen LogP contribution in [0.15, 0.2) is 36.0 Å². The average Bonchev–Trinajstić information content (AvgIpc) is 2.64. The molecule has 0 aliphatic carbocycles. The third-order valence-corrected chi connectivity index (χ3v) is 4.02. The highest BCUT2D eigenvalue weighted by Crippen LogP contribution is 2.17. The number of esters is 1. The van der Waals surface area contributed by atoms with Crippen molar-refractivity contribution in [3.63, 3.8) is 0 Å². The molecule has 0 aliphatic heterocycles. The van der Waals surface area contributed by atoms with E-state index in [1.54, 1.807) is 25.1 Å². The van der Waals surface area contributed by atoms with Crippen molar-refractivity contribution in [1.82, 2.24) is 5.32 Å². The normalized spacial score (nSPS) is 11.8. The third-order valence-electron chi connectivity index (χ3n) is 3.37. The van der Waals surface area contributed by atoms with Crippen molar-refractivity contribution < 1.29 is 24.2 Å². The number of nitrogens with zero attached hydrogens (tertiary/aromatic N) is 1. The Morgan fingerprint density at radius 2 is 2.07 bits per heavy atom. The first-order valence-corrected chi connectivity index (χ1v) is 9.49. The van der Waals surface area contributed by atoms with Crippen molar-refractivity contribution in [3.05, 3.63) is 41.6 Å². The fourth-order valence-electron chi connectivity index (χ4n) is 2.01. The van der Waals surface area contributed by atoms with E-state index in [1.807, 2.05) is 6.26 Å². The van der Waals surface area contributed by atoms with Gasteiger partial charge < -0.3 is 20.5 Å². The largest absolute Gasteiger partial charge is 0.480 e. The number of carboxylic acid groups (broad SMARTS) is 1. The molecule has 3 N–H and O–H groups in total. The number of carbonyl (C=O) groups is 3. The first kappa shape index (κ1) is 22.1. The Morgan fingerprint density at radius 3 is 2.67 bits per heavy atom. The number of rotatable bonds is 10. The lowest BCUT2D eigenvalue weighted by Crippen LogP contribution is -2.34. The van der Waals surface area contributed by atoms with E-state index in [-0.39, 0.29) is 23.4 Å². The summed E-state index contributed by atoms with van der Waals surface area (Å²) < 4.78 is 4.93. The lowest BCUT2D eigenvalue weighted by molar-refractivity contribution is -0.139. The van der Waals surface area contributed by atoms with Crippen LogP contribution in [0.2, 0.25) is 0 Å². The number of hydrogen-bond donors (Lipinski definition) is 3. The minimum Gasteiger partial charge on any atom is -0.480 e. The Hall–Kier alpha value is -2.99. The summed E-state index contributed by atoms with van der Waals surface area (Å²) in [7, 11) is 0. The fourth-order valence-corrected chi connectivity index (χ4v) is 2.49. The Balaban J connectivity index is 2.92. The molecule has 0 radical (unpaired) electrons. The number of aliphatic carboxylic acids is 1.